The molecule has 3 N–H and O–H groups in total. The number of rotatable bonds is 4. The number of nitrogens with one attached hydrogen (secondary N) is 2. The number of hydrogen-bond acceptors (Lipinski definition) is 5. The van der Waals surface area contributed by atoms with E-state index in [1.807, 2.05) is 6.07 Å². The molecule has 23 heavy (non-hydrogen) atoms. The van der Waals surface area contributed by atoms with E-state index >= 15 is 0 Å². The Labute approximate surface area is 136 Å². The smallest absolute Gasteiger partial charge is 0.413 e. The molecule has 0 aliphatic carbocycles. The maximum atomic E-state index is 11.8. The average molecular weight is 329 g/mol. The molecule has 0 saturated carbocycles. The van der Waals surface area contributed by atoms with Crippen molar-refractivity contribution in [3.8, 4) is 6.07 Å². The number of aromatic carboxylic acids is 1. The van der Waals surface area contributed by atoms with Crippen molar-refractivity contribution in [2.45, 2.75) is 6.61 Å². The number of carbonyl (C=O) groups is 2. The van der Waals surface area contributed by atoms with Crippen LogP contribution in [-0.2, 0) is 11.3 Å². The van der Waals surface area contributed by atoms with Crippen LogP contribution in [0.5, 0.6) is 0 Å². The molecule has 0 radical (unpaired) electrons. The van der Waals surface area contributed by atoms with E-state index < -0.39 is 12.1 Å². The molecule has 7 nitrogen and oxygen atoms in total. The quantitative estimate of drug-likeness (QED) is 0.743. The Bertz CT molecular complexity index is 840. The van der Waals surface area contributed by atoms with Gasteiger partial charge in [0.15, 0.2) is 0 Å². The summed E-state index contributed by atoms with van der Waals surface area (Å²) in [5.41, 5.74) is 0.501. The minimum atomic E-state index is -1.31. The highest BCUT2D eigenvalue weighted by Gasteiger charge is 2.16. The molecule has 0 unspecified atom stereocenters. The van der Waals surface area contributed by atoms with E-state index in [0.29, 0.717) is 0 Å². The number of aromatic nitrogens is 1. The summed E-state index contributed by atoms with van der Waals surface area (Å²) in [5, 5.41) is 20.3. The van der Waals surface area contributed by atoms with E-state index in [9.17, 15) is 9.59 Å². The van der Waals surface area contributed by atoms with Crippen LogP contribution < -0.4 is 5.32 Å². The van der Waals surface area contributed by atoms with E-state index in [1.54, 1.807) is 30.3 Å². The molecule has 0 spiro atoms. The van der Waals surface area contributed by atoms with Crippen LogP contribution in [-0.4, -0.2) is 22.2 Å². The molecule has 2 aromatic rings. The summed E-state index contributed by atoms with van der Waals surface area (Å²) in [6, 6.07) is 11.9. The van der Waals surface area contributed by atoms with Gasteiger partial charge in [-0.2, -0.15) is 5.26 Å². The number of aromatic amines is 1. The number of carboxylic acid groups (broad SMARTS) is 1. The van der Waals surface area contributed by atoms with Gasteiger partial charge in [0, 0.05) is 0 Å². The SMILES string of the molecule is N#Cc1cc(C(=O)O)c(NC(=O)OCc2ccccc2)[nH]c1=S. The average Bonchev–Trinajstić information content (AvgIpc) is 2.54. The summed E-state index contributed by atoms with van der Waals surface area (Å²) >= 11 is 4.92. The minimum Gasteiger partial charge on any atom is -0.478 e. The van der Waals surface area contributed by atoms with Gasteiger partial charge in [0.25, 0.3) is 0 Å². The van der Waals surface area contributed by atoms with Gasteiger partial charge in [0.2, 0.25) is 0 Å². The molecule has 0 fully saturated rings. The molecule has 1 amide bonds. The molecule has 1 aromatic heterocycles. The fourth-order valence-electron chi connectivity index (χ4n) is 1.74. The first-order valence-electron chi connectivity index (χ1n) is 6.39. The number of nitriles is 1. The van der Waals surface area contributed by atoms with Crippen LogP contribution >= 0.6 is 12.2 Å². The second-order valence-corrected chi connectivity index (χ2v) is 4.81. The molecular weight excluding hydrogens is 318 g/mol. The Balaban J connectivity index is 2.14. The number of carbonyl (C=O) groups excluding carboxylic acids is 1. The van der Waals surface area contributed by atoms with Crippen LogP contribution in [0.4, 0.5) is 10.6 Å². The van der Waals surface area contributed by atoms with Crippen LogP contribution in [0.15, 0.2) is 36.4 Å². The first-order chi connectivity index (χ1) is 11.0. The van der Waals surface area contributed by atoms with E-state index in [2.05, 4.69) is 10.3 Å². The van der Waals surface area contributed by atoms with Gasteiger partial charge >= 0.3 is 12.1 Å². The zero-order valence-electron chi connectivity index (χ0n) is 11.7. The fourth-order valence-corrected chi connectivity index (χ4v) is 1.95. The minimum absolute atomic E-state index is 0.000558. The zero-order valence-corrected chi connectivity index (χ0v) is 12.5. The lowest BCUT2D eigenvalue weighted by atomic mass is 10.2. The summed E-state index contributed by atoms with van der Waals surface area (Å²) in [6.07, 6.45) is -0.841. The van der Waals surface area contributed by atoms with Gasteiger partial charge < -0.3 is 14.8 Å². The van der Waals surface area contributed by atoms with Gasteiger partial charge in [-0.3, -0.25) is 5.32 Å². The Morgan fingerprint density at radius 1 is 1.35 bits per heavy atom. The number of hydrogen-bond donors (Lipinski definition) is 3. The third kappa shape index (κ3) is 4.15. The van der Waals surface area contributed by atoms with Crippen LogP contribution in [0.1, 0.15) is 21.5 Å². The molecule has 0 aliphatic rings. The molecule has 0 atom stereocenters. The summed E-state index contributed by atoms with van der Waals surface area (Å²) in [6.45, 7) is 0.0338. The van der Waals surface area contributed by atoms with E-state index in [-0.39, 0.29) is 28.2 Å². The highest BCUT2D eigenvalue weighted by atomic mass is 32.1. The summed E-state index contributed by atoms with van der Waals surface area (Å²) in [7, 11) is 0. The van der Waals surface area contributed by atoms with Crippen molar-refractivity contribution in [3.05, 3.63) is 57.7 Å². The molecule has 1 heterocycles. The van der Waals surface area contributed by atoms with Gasteiger partial charge in [-0.05, 0) is 11.6 Å². The van der Waals surface area contributed by atoms with Crippen LogP contribution in [0.3, 0.4) is 0 Å². The van der Waals surface area contributed by atoms with Crippen LogP contribution in [0, 0.1) is 16.0 Å². The number of nitrogens with zero attached hydrogens (tertiary/aromatic N) is 1. The number of anilines is 1. The monoisotopic (exact) mass is 329 g/mol. The Hall–Kier alpha value is -3.18. The Morgan fingerprint density at radius 2 is 2.04 bits per heavy atom. The lowest BCUT2D eigenvalue weighted by Gasteiger charge is -2.10. The largest absolute Gasteiger partial charge is 0.478 e. The highest BCUT2D eigenvalue weighted by Crippen LogP contribution is 2.16. The maximum absolute atomic E-state index is 11.8. The first kappa shape index (κ1) is 16.2. The van der Waals surface area contributed by atoms with Crippen molar-refractivity contribution >= 4 is 30.1 Å². The number of benzene rings is 1. The van der Waals surface area contributed by atoms with Crippen molar-refractivity contribution in [2.24, 2.45) is 0 Å². The van der Waals surface area contributed by atoms with Gasteiger partial charge in [0.05, 0.1) is 5.56 Å². The Kier molecular flexibility index (Phi) is 5.07. The van der Waals surface area contributed by atoms with Gasteiger partial charge in [-0.15, -0.1) is 0 Å². The number of amides is 1. The molecule has 2 rings (SSSR count). The standard InChI is InChI=1S/C15H11N3O4S/c16-7-10-6-11(14(19)20)12(17-13(10)23)18-15(21)22-8-9-4-2-1-3-5-9/h1-6H,8H2,(H,19,20)(H2,17,18,21,23). The molecule has 8 heteroatoms. The fraction of sp³-hybridized carbons (Fsp3) is 0.0667. The van der Waals surface area contributed by atoms with Crippen molar-refractivity contribution in [1.82, 2.24) is 4.98 Å². The third-order valence-corrected chi connectivity index (χ3v) is 3.15. The van der Waals surface area contributed by atoms with E-state index in [4.69, 9.17) is 27.3 Å². The predicted molar refractivity (Wildman–Crippen MR) is 83.6 cm³/mol. The Morgan fingerprint density at radius 3 is 2.65 bits per heavy atom. The molecule has 0 aliphatic heterocycles. The van der Waals surface area contributed by atoms with Gasteiger partial charge in [-0.25, -0.2) is 9.59 Å². The second kappa shape index (κ2) is 7.20. The molecule has 0 saturated heterocycles. The lowest BCUT2D eigenvalue weighted by Crippen LogP contribution is -2.17. The predicted octanol–water partition coefficient (Wildman–Crippen LogP) is 3.06. The third-order valence-electron chi connectivity index (χ3n) is 2.83. The van der Waals surface area contributed by atoms with Crippen LogP contribution in [0.25, 0.3) is 0 Å². The van der Waals surface area contributed by atoms with Crippen molar-refractivity contribution in [3.63, 3.8) is 0 Å². The molecular formula is C15H11N3O4S. The van der Waals surface area contributed by atoms with Crippen molar-refractivity contribution in [2.75, 3.05) is 5.32 Å². The van der Waals surface area contributed by atoms with Crippen molar-refractivity contribution in [1.29, 1.82) is 5.26 Å². The molecule has 116 valence electrons. The summed E-state index contributed by atoms with van der Waals surface area (Å²) in [5.74, 6) is -1.45. The molecule has 0 bridgehead atoms. The second-order valence-electron chi connectivity index (χ2n) is 4.40. The van der Waals surface area contributed by atoms with Crippen LogP contribution in [0.2, 0.25) is 0 Å². The number of pyridine rings is 1. The van der Waals surface area contributed by atoms with Gasteiger partial charge in [-0.1, -0.05) is 42.5 Å². The highest BCUT2D eigenvalue weighted by molar-refractivity contribution is 7.71. The number of ether oxygens (including phenoxy) is 1. The maximum Gasteiger partial charge on any atom is 0.413 e. The van der Waals surface area contributed by atoms with Gasteiger partial charge in [0.1, 0.15) is 28.7 Å². The zero-order chi connectivity index (χ0) is 16.8. The van der Waals surface area contributed by atoms with E-state index in [0.717, 1.165) is 11.6 Å². The normalized spacial score (nSPS) is 9.70. The lowest BCUT2D eigenvalue weighted by molar-refractivity contribution is 0.0697. The van der Waals surface area contributed by atoms with Crippen molar-refractivity contribution < 1.29 is 19.4 Å². The van der Waals surface area contributed by atoms with E-state index in [1.165, 1.54) is 0 Å². The number of carboxylic acids is 1. The topological polar surface area (TPSA) is 115 Å². The molecule has 1 aromatic carbocycles. The summed E-state index contributed by atoms with van der Waals surface area (Å²) in [4.78, 5) is 25.5. The first-order valence-corrected chi connectivity index (χ1v) is 6.80. The number of H-pyrrole nitrogens is 1. The summed E-state index contributed by atoms with van der Waals surface area (Å²) < 4.78 is 5.03.